The minimum atomic E-state index is 0.440. The molecule has 1 aliphatic carbocycles. The lowest BCUT2D eigenvalue weighted by Crippen LogP contribution is -2.30. The Bertz CT molecular complexity index is 1320. The Morgan fingerprint density at radius 2 is 1.68 bits per heavy atom. The molecule has 34 heavy (non-hydrogen) atoms. The summed E-state index contributed by atoms with van der Waals surface area (Å²) in [6, 6.07) is 9.08. The Morgan fingerprint density at radius 1 is 0.853 bits per heavy atom. The van der Waals surface area contributed by atoms with E-state index in [1.807, 2.05) is 12.4 Å². The Kier molecular flexibility index (Phi) is 5.61. The second-order valence-electron chi connectivity index (χ2n) is 9.61. The van der Waals surface area contributed by atoms with Crippen LogP contribution in [0.4, 0.5) is 17.6 Å². The second kappa shape index (κ2) is 9.05. The highest BCUT2D eigenvalue weighted by atomic mass is 15.2. The van der Waals surface area contributed by atoms with Crippen molar-refractivity contribution in [3.63, 3.8) is 0 Å². The van der Waals surface area contributed by atoms with Gasteiger partial charge in [-0.3, -0.25) is 0 Å². The van der Waals surface area contributed by atoms with Gasteiger partial charge in [0.1, 0.15) is 11.6 Å². The third-order valence-corrected chi connectivity index (χ3v) is 7.30. The molecule has 1 saturated heterocycles. The summed E-state index contributed by atoms with van der Waals surface area (Å²) in [6.45, 7) is 2.15. The van der Waals surface area contributed by atoms with Crippen LogP contribution in [0.1, 0.15) is 51.4 Å². The van der Waals surface area contributed by atoms with Gasteiger partial charge in [0.15, 0.2) is 0 Å². The number of benzene rings is 1. The SMILES string of the molecule is Nc1ncc(-c2ccc3c(N4CCCCC4)nccc3c2)c2nc(NC3CCCCC3)ncc12. The zero-order valence-corrected chi connectivity index (χ0v) is 19.5. The number of nitrogens with one attached hydrogen (secondary N) is 1. The number of nitrogen functional groups attached to an aromatic ring is 1. The first-order chi connectivity index (χ1) is 16.8. The summed E-state index contributed by atoms with van der Waals surface area (Å²) >= 11 is 0. The summed E-state index contributed by atoms with van der Waals surface area (Å²) in [6.07, 6.45) is 15.5. The zero-order valence-electron chi connectivity index (χ0n) is 19.5. The molecule has 7 heteroatoms. The van der Waals surface area contributed by atoms with Gasteiger partial charge in [-0.15, -0.1) is 0 Å². The van der Waals surface area contributed by atoms with Gasteiger partial charge >= 0.3 is 0 Å². The lowest BCUT2D eigenvalue weighted by Gasteiger charge is -2.28. The quantitative estimate of drug-likeness (QED) is 0.418. The molecule has 1 saturated carbocycles. The van der Waals surface area contributed by atoms with Crippen molar-refractivity contribution in [3.05, 3.63) is 42.9 Å². The maximum Gasteiger partial charge on any atom is 0.223 e. The lowest BCUT2D eigenvalue weighted by atomic mass is 9.96. The highest BCUT2D eigenvalue weighted by molar-refractivity contribution is 6.01. The van der Waals surface area contributed by atoms with Gasteiger partial charge in [-0.05, 0) is 55.2 Å². The molecule has 174 valence electrons. The summed E-state index contributed by atoms with van der Waals surface area (Å²) in [5, 5.41) is 6.70. The van der Waals surface area contributed by atoms with Crippen molar-refractivity contribution in [1.82, 2.24) is 19.9 Å². The first-order valence-corrected chi connectivity index (χ1v) is 12.6. The van der Waals surface area contributed by atoms with Gasteiger partial charge in [0.25, 0.3) is 0 Å². The molecule has 1 aromatic carbocycles. The van der Waals surface area contributed by atoms with E-state index in [1.54, 1.807) is 6.20 Å². The Balaban J connectivity index is 1.40. The fourth-order valence-corrected chi connectivity index (χ4v) is 5.44. The molecular formula is C27H31N7. The zero-order chi connectivity index (χ0) is 22.9. The van der Waals surface area contributed by atoms with E-state index in [4.69, 9.17) is 15.7 Å². The molecule has 0 atom stereocenters. The van der Waals surface area contributed by atoms with Crippen molar-refractivity contribution in [2.75, 3.05) is 29.0 Å². The Hall–Kier alpha value is -3.48. The molecule has 3 N–H and O–H groups in total. The molecule has 0 amide bonds. The standard InChI is InChI=1S/C27H31N7/c28-25-23-17-31-27(32-20-7-3-1-4-8-20)33-24(23)22(16-30-25)18-9-10-21-19(15-18)11-12-29-26(21)34-13-5-2-6-14-34/h9-12,15-17,20H,1-8,13-14H2,(H2,28,30)(H,31,32,33). The van der Waals surface area contributed by atoms with E-state index >= 15 is 0 Å². The first kappa shape index (κ1) is 21.1. The smallest absolute Gasteiger partial charge is 0.223 e. The van der Waals surface area contributed by atoms with Gasteiger partial charge in [0.05, 0.1) is 10.9 Å². The molecule has 4 heterocycles. The Morgan fingerprint density at radius 3 is 2.53 bits per heavy atom. The van der Waals surface area contributed by atoms with Crippen LogP contribution >= 0.6 is 0 Å². The molecule has 6 rings (SSSR count). The number of pyridine rings is 2. The summed E-state index contributed by atoms with van der Waals surface area (Å²) in [5.41, 5.74) is 9.08. The summed E-state index contributed by atoms with van der Waals surface area (Å²) in [5.74, 6) is 2.22. The van der Waals surface area contributed by atoms with Crippen molar-refractivity contribution in [1.29, 1.82) is 0 Å². The highest BCUT2D eigenvalue weighted by Crippen LogP contribution is 2.34. The van der Waals surface area contributed by atoms with Crippen LogP contribution in [0.2, 0.25) is 0 Å². The van der Waals surface area contributed by atoms with Crippen LogP contribution in [0.3, 0.4) is 0 Å². The minimum Gasteiger partial charge on any atom is -0.383 e. The van der Waals surface area contributed by atoms with Gasteiger partial charge < -0.3 is 16.0 Å². The molecule has 2 aliphatic rings. The van der Waals surface area contributed by atoms with Gasteiger partial charge in [-0.25, -0.2) is 19.9 Å². The largest absolute Gasteiger partial charge is 0.383 e. The van der Waals surface area contributed by atoms with Crippen molar-refractivity contribution < 1.29 is 0 Å². The highest BCUT2D eigenvalue weighted by Gasteiger charge is 2.18. The number of rotatable bonds is 4. The molecule has 3 aromatic heterocycles. The molecule has 4 aromatic rings. The monoisotopic (exact) mass is 453 g/mol. The fourth-order valence-electron chi connectivity index (χ4n) is 5.44. The molecule has 0 radical (unpaired) electrons. The molecule has 7 nitrogen and oxygen atoms in total. The van der Waals surface area contributed by atoms with Crippen LogP contribution in [-0.4, -0.2) is 39.1 Å². The van der Waals surface area contributed by atoms with E-state index in [-0.39, 0.29) is 0 Å². The average molecular weight is 454 g/mol. The molecular weight excluding hydrogens is 422 g/mol. The van der Waals surface area contributed by atoms with Crippen molar-refractivity contribution in [2.45, 2.75) is 57.4 Å². The molecule has 0 spiro atoms. The topological polar surface area (TPSA) is 92.9 Å². The van der Waals surface area contributed by atoms with Crippen molar-refractivity contribution in [3.8, 4) is 11.1 Å². The number of anilines is 3. The second-order valence-corrected chi connectivity index (χ2v) is 9.61. The van der Waals surface area contributed by atoms with E-state index in [0.717, 1.165) is 40.9 Å². The number of piperidine rings is 1. The van der Waals surface area contributed by atoms with Gasteiger partial charge in [0, 0.05) is 48.7 Å². The lowest BCUT2D eigenvalue weighted by molar-refractivity contribution is 0.461. The van der Waals surface area contributed by atoms with Crippen molar-refractivity contribution >= 4 is 39.3 Å². The fraction of sp³-hybridized carbons (Fsp3) is 0.407. The molecule has 0 unspecified atom stereocenters. The van der Waals surface area contributed by atoms with E-state index in [2.05, 4.69) is 44.5 Å². The maximum absolute atomic E-state index is 6.21. The number of nitrogens with zero attached hydrogens (tertiary/aromatic N) is 5. The summed E-state index contributed by atoms with van der Waals surface area (Å²) < 4.78 is 0. The van der Waals surface area contributed by atoms with Crippen LogP contribution < -0.4 is 16.0 Å². The maximum atomic E-state index is 6.21. The number of hydrogen-bond acceptors (Lipinski definition) is 7. The van der Waals surface area contributed by atoms with Crippen LogP contribution in [0.15, 0.2) is 42.9 Å². The minimum absolute atomic E-state index is 0.440. The predicted octanol–water partition coefficient (Wildman–Crippen LogP) is 5.56. The molecule has 1 aliphatic heterocycles. The number of fused-ring (bicyclic) bond motifs is 2. The van der Waals surface area contributed by atoms with Crippen molar-refractivity contribution in [2.24, 2.45) is 0 Å². The van der Waals surface area contributed by atoms with Crippen LogP contribution in [0.25, 0.3) is 32.8 Å². The number of aromatic nitrogens is 4. The van der Waals surface area contributed by atoms with Crippen LogP contribution in [0, 0.1) is 0 Å². The van der Waals surface area contributed by atoms with E-state index in [0.29, 0.717) is 17.8 Å². The average Bonchev–Trinajstić information content (AvgIpc) is 2.89. The van der Waals surface area contributed by atoms with Crippen LogP contribution in [0.5, 0.6) is 0 Å². The third kappa shape index (κ3) is 4.00. The van der Waals surface area contributed by atoms with E-state index in [1.165, 1.54) is 62.1 Å². The van der Waals surface area contributed by atoms with Crippen LogP contribution in [-0.2, 0) is 0 Å². The first-order valence-electron chi connectivity index (χ1n) is 12.6. The van der Waals surface area contributed by atoms with Gasteiger partial charge in [0.2, 0.25) is 5.95 Å². The summed E-state index contributed by atoms with van der Waals surface area (Å²) in [4.78, 5) is 21.1. The van der Waals surface area contributed by atoms with Gasteiger partial charge in [-0.1, -0.05) is 31.4 Å². The third-order valence-electron chi connectivity index (χ3n) is 7.30. The normalized spacial score (nSPS) is 17.4. The molecule has 2 fully saturated rings. The Labute approximate surface area is 199 Å². The van der Waals surface area contributed by atoms with E-state index in [9.17, 15) is 0 Å². The van der Waals surface area contributed by atoms with Gasteiger partial charge in [-0.2, -0.15) is 0 Å². The van der Waals surface area contributed by atoms with E-state index < -0.39 is 0 Å². The molecule has 0 bridgehead atoms. The number of nitrogens with two attached hydrogens (primary N) is 1. The summed E-state index contributed by atoms with van der Waals surface area (Å²) in [7, 11) is 0. The predicted molar refractivity (Wildman–Crippen MR) is 139 cm³/mol. The number of hydrogen-bond donors (Lipinski definition) is 2.